The maximum Gasteiger partial charge on any atom is 0.338 e. The molecule has 29 heavy (non-hydrogen) atoms. The van der Waals surface area contributed by atoms with Gasteiger partial charge in [0.05, 0.1) is 22.3 Å². The SMILES string of the molecule is Nc1cc(C(=O)OCC(=O)NC(Cc2ccccc2)c2ccccc2)ccc1Cl. The van der Waals surface area contributed by atoms with Gasteiger partial charge in [-0.15, -0.1) is 0 Å². The summed E-state index contributed by atoms with van der Waals surface area (Å²) >= 11 is 5.85. The Kier molecular flexibility index (Phi) is 6.87. The summed E-state index contributed by atoms with van der Waals surface area (Å²) in [5.74, 6) is -1.02. The van der Waals surface area contributed by atoms with E-state index in [-0.39, 0.29) is 29.8 Å². The van der Waals surface area contributed by atoms with Gasteiger partial charge in [0.1, 0.15) is 0 Å². The quantitative estimate of drug-likeness (QED) is 0.454. The molecule has 0 bridgehead atoms. The number of nitrogens with two attached hydrogens (primary N) is 1. The molecular formula is C23H21ClN2O3. The van der Waals surface area contributed by atoms with Crippen molar-refractivity contribution in [2.24, 2.45) is 0 Å². The topological polar surface area (TPSA) is 81.4 Å². The van der Waals surface area contributed by atoms with Crippen LogP contribution >= 0.6 is 11.6 Å². The van der Waals surface area contributed by atoms with Gasteiger partial charge in [0, 0.05) is 0 Å². The number of benzene rings is 3. The number of hydrogen-bond donors (Lipinski definition) is 2. The van der Waals surface area contributed by atoms with Gasteiger partial charge >= 0.3 is 5.97 Å². The molecule has 1 atom stereocenters. The summed E-state index contributed by atoms with van der Waals surface area (Å²) in [5, 5.41) is 3.30. The van der Waals surface area contributed by atoms with Crippen LogP contribution in [0.1, 0.15) is 27.5 Å². The van der Waals surface area contributed by atoms with Crippen LogP contribution in [0.4, 0.5) is 5.69 Å². The minimum Gasteiger partial charge on any atom is -0.452 e. The van der Waals surface area contributed by atoms with E-state index in [9.17, 15) is 9.59 Å². The number of esters is 1. The third-order valence-corrected chi connectivity index (χ3v) is 4.73. The van der Waals surface area contributed by atoms with Gasteiger partial charge in [-0.25, -0.2) is 4.79 Å². The van der Waals surface area contributed by atoms with E-state index in [0.29, 0.717) is 11.4 Å². The molecule has 0 aliphatic rings. The first-order valence-corrected chi connectivity index (χ1v) is 9.51. The van der Waals surface area contributed by atoms with Gasteiger partial charge in [0.15, 0.2) is 6.61 Å². The molecule has 148 valence electrons. The molecule has 0 aliphatic heterocycles. The summed E-state index contributed by atoms with van der Waals surface area (Å²) in [7, 11) is 0. The Hall–Kier alpha value is -3.31. The molecule has 1 amide bonds. The molecule has 0 fully saturated rings. The first kappa shape index (κ1) is 20.4. The normalized spacial score (nSPS) is 11.5. The summed E-state index contributed by atoms with van der Waals surface area (Å²) in [4.78, 5) is 24.6. The van der Waals surface area contributed by atoms with Gasteiger partial charge in [0.25, 0.3) is 5.91 Å². The second-order valence-electron chi connectivity index (χ2n) is 6.53. The van der Waals surface area contributed by atoms with Crippen molar-refractivity contribution in [3.63, 3.8) is 0 Å². The van der Waals surface area contributed by atoms with E-state index in [2.05, 4.69) is 5.32 Å². The highest BCUT2D eigenvalue weighted by atomic mass is 35.5. The fourth-order valence-electron chi connectivity index (χ4n) is 2.91. The Bertz CT molecular complexity index is 978. The lowest BCUT2D eigenvalue weighted by Crippen LogP contribution is -2.33. The van der Waals surface area contributed by atoms with E-state index < -0.39 is 5.97 Å². The molecule has 0 heterocycles. The average Bonchev–Trinajstić information content (AvgIpc) is 2.75. The molecule has 3 rings (SSSR count). The van der Waals surface area contributed by atoms with Gasteiger partial charge < -0.3 is 15.8 Å². The molecule has 0 radical (unpaired) electrons. The second-order valence-corrected chi connectivity index (χ2v) is 6.94. The van der Waals surface area contributed by atoms with E-state index in [1.165, 1.54) is 18.2 Å². The van der Waals surface area contributed by atoms with Crippen molar-refractivity contribution >= 4 is 29.2 Å². The van der Waals surface area contributed by atoms with E-state index in [1.807, 2.05) is 60.7 Å². The number of hydrogen-bond acceptors (Lipinski definition) is 4. The molecule has 3 aromatic carbocycles. The third-order valence-electron chi connectivity index (χ3n) is 4.39. The van der Waals surface area contributed by atoms with E-state index >= 15 is 0 Å². The summed E-state index contributed by atoms with van der Waals surface area (Å²) in [6, 6.07) is 23.7. The lowest BCUT2D eigenvalue weighted by atomic mass is 9.99. The predicted octanol–water partition coefficient (Wildman–Crippen LogP) is 4.18. The van der Waals surface area contributed by atoms with Crippen LogP contribution < -0.4 is 11.1 Å². The zero-order valence-electron chi connectivity index (χ0n) is 15.7. The van der Waals surface area contributed by atoms with Crippen molar-refractivity contribution in [2.45, 2.75) is 12.5 Å². The highest BCUT2D eigenvalue weighted by molar-refractivity contribution is 6.33. The lowest BCUT2D eigenvalue weighted by molar-refractivity contribution is -0.125. The summed E-state index contributed by atoms with van der Waals surface area (Å²) < 4.78 is 5.12. The molecule has 3 aromatic rings. The number of carbonyl (C=O) groups is 2. The zero-order chi connectivity index (χ0) is 20.6. The van der Waals surface area contributed by atoms with Gasteiger partial charge in [-0.2, -0.15) is 0 Å². The van der Waals surface area contributed by atoms with Crippen LogP contribution in [0.15, 0.2) is 78.9 Å². The first-order valence-electron chi connectivity index (χ1n) is 9.13. The van der Waals surface area contributed by atoms with Crippen LogP contribution in [0.25, 0.3) is 0 Å². The van der Waals surface area contributed by atoms with Crippen LogP contribution in [0.2, 0.25) is 5.02 Å². The number of anilines is 1. The minimum atomic E-state index is -0.636. The lowest BCUT2D eigenvalue weighted by Gasteiger charge is -2.19. The number of ether oxygens (including phenoxy) is 1. The van der Waals surface area contributed by atoms with E-state index in [4.69, 9.17) is 22.1 Å². The Balaban J connectivity index is 1.63. The molecule has 5 nitrogen and oxygen atoms in total. The maximum atomic E-state index is 12.4. The fraction of sp³-hybridized carbons (Fsp3) is 0.130. The molecule has 1 unspecified atom stereocenters. The minimum absolute atomic E-state index is 0.239. The Labute approximate surface area is 174 Å². The molecule has 0 aliphatic carbocycles. The fourth-order valence-corrected chi connectivity index (χ4v) is 3.03. The van der Waals surface area contributed by atoms with Gasteiger partial charge in [0.2, 0.25) is 0 Å². The maximum absolute atomic E-state index is 12.4. The van der Waals surface area contributed by atoms with E-state index in [1.54, 1.807) is 0 Å². The molecule has 6 heteroatoms. The zero-order valence-corrected chi connectivity index (χ0v) is 16.4. The van der Waals surface area contributed by atoms with Crippen molar-refractivity contribution in [1.82, 2.24) is 5.32 Å². The van der Waals surface area contributed by atoms with Crippen LogP contribution in [-0.4, -0.2) is 18.5 Å². The number of amides is 1. The average molecular weight is 409 g/mol. The number of nitrogen functional groups attached to an aromatic ring is 1. The third kappa shape index (κ3) is 5.83. The Morgan fingerprint density at radius 2 is 1.62 bits per heavy atom. The number of rotatable bonds is 7. The van der Waals surface area contributed by atoms with E-state index in [0.717, 1.165) is 11.1 Å². The largest absolute Gasteiger partial charge is 0.452 e. The summed E-state index contributed by atoms with van der Waals surface area (Å²) in [6.45, 7) is -0.389. The van der Waals surface area contributed by atoms with Crippen molar-refractivity contribution in [3.05, 3.63) is 101 Å². The molecular weight excluding hydrogens is 388 g/mol. The molecule has 0 aromatic heterocycles. The Morgan fingerprint density at radius 3 is 2.28 bits per heavy atom. The smallest absolute Gasteiger partial charge is 0.338 e. The van der Waals surface area contributed by atoms with Crippen molar-refractivity contribution < 1.29 is 14.3 Å². The van der Waals surface area contributed by atoms with Crippen molar-refractivity contribution in [3.8, 4) is 0 Å². The second kappa shape index (κ2) is 9.75. The van der Waals surface area contributed by atoms with Gasteiger partial charge in [-0.3, -0.25) is 4.79 Å². The number of nitrogens with one attached hydrogen (secondary N) is 1. The van der Waals surface area contributed by atoms with Crippen molar-refractivity contribution in [2.75, 3.05) is 12.3 Å². The number of carbonyl (C=O) groups excluding carboxylic acids is 2. The summed E-state index contributed by atoms with van der Waals surface area (Å²) in [5.41, 5.74) is 8.28. The number of halogens is 1. The molecule has 0 spiro atoms. The Morgan fingerprint density at radius 1 is 0.966 bits per heavy atom. The highest BCUT2D eigenvalue weighted by Gasteiger charge is 2.17. The van der Waals surface area contributed by atoms with Crippen LogP contribution in [0, 0.1) is 0 Å². The van der Waals surface area contributed by atoms with Crippen LogP contribution in [0.5, 0.6) is 0 Å². The molecule has 3 N–H and O–H groups in total. The molecule has 0 saturated carbocycles. The monoisotopic (exact) mass is 408 g/mol. The molecule has 0 saturated heterocycles. The van der Waals surface area contributed by atoms with Gasteiger partial charge in [-0.1, -0.05) is 72.3 Å². The van der Waals surface area contributed by atoms with Crippen LogP contribution in [0.3, 0.4) is 0 Å². The highest BCUT2D eigenvalue weighted by Crippen LogP contribution is 2.20. The summed E-state index contributed by atoms with van der Waals surface area (Å²) in [6.07, 6.45) is 0.623. The van der Waals surface area contributed by atoms with Crippen LogP contribution in [-0.2, 0) is 16.0 Å². The first-order chi connectivity index (χ1) is 14.0. The predicted molar refractivity (Wildman–Crippen MR) is 114 cm³/mol. The van der Waals surface area contributed by atoms with Crippen molar-refractivity contribution in [1.29, 1.82) is 0 Å². The van der Waals surface area contributed by atoms with Gasteiger partial charge in [-0.05, 0) is 35.7 Å². The standard InChI is InChI=1S/C23H21ClN2O3/c24-19-12-11-18(14-20(19)25)23(28)29-15-22(27)26-21(17-9-5-2-6-10-17)13-16-7-3-1-4-8-16/h1-12,14,21H,13,15,25H2,(H,26,27).